The Hall–Kier alpha value is -0.730. The van der Waals surface area contributed by atoms with Gasteiger partial charge in [-0.3, -0.25) is 0 Å². The maximum atomic E-state index is 6.23. The molecule has 1 aromatic rings. The Kier molecular flexibility index (Phi) is 2.37. The second-order valence-corrected chi connectivity index (χ2v) is 5.36. The van der Waals surface area contributed by atoms with E-state index in [-0.39, 0.29) is 0 Å². The zero-order valence-electron chi connectivity index (χ0n) is 9.76. The molecule has 86 valence electrons. The van der Waals surface area contributed by atoms with E-state index in [1.165, 1.54) is 16.8 Å². The molecule has 0 bridgehead atoms. The molecule has 1 fully saturated rings. The Balaban J connectivity index is 2.11. The first-order valence-corrected chi connectivity index (χ1v) is 6.33. The van der Waals surface area contributed by atoms with Gasteiger partial charge in [0.25, 0.3) is 0 Å². The Morgan fingerprint density at radius 1 is 1.38 bits per heavy atom. The summed E-state index contributed by atoms with van der Waals surface area (Å²) in [7, 11) is 0. The molecule has 0 aromatic heterocycles. The van der Waals surface area contributed by atoms with Crippen LogP contribution in [0.4, 0.5) is 5.69 Å². The minimum Gasteiger partial charge on any atom is -0.362 e. The van der Waals surface area contributed by atoms with Crippen molar-refractivity contribution in [3.63, 3.8) is 0 Å². The number of nitrogens with zero attached hydrogens (tertiary/aromatic N) is 1. The highest BCUT2D eigenvalue weighted by Crippen LogP contribution is 2.40. The number of piperazine rings is 1. The van der Waals surface area contributed by atoms with Crippen LogP contribution in [0, 0.1) is 6.92 Å². The van der Waals surface area contributed by atoms with Crippen molar-refractivity contribution in [2.45, 2.75) is 32.4 Å². The summed E-state index contributed by atoms with van der Waals surface area (Å²) in [6.07, 6.45) is 1.16. The summed E-state index contributed by atoms with van der Waals surface area (Å²) >= 11 is 6.23. The third kappa shape index (κ3) is 1.36. The molecule has 0 amide bonds. The predicted octanol–water partition coefficient (Wildman–Crippen LogP) is 2.37. The molecule has 1 N–H and O–H groups in total. The minimum absolute atomic E-state index is 0.567. The fourth-order valence-corrected chi connectivity index (χ4v) is 3.25. The molecule has 2 unspecified atom stereocenters. The van der Waals surface area contributed by atoms with Crippen LogP contribution < -0.4 is 10.2 Å². The highest BCUT2D eigenvalue weighted by Gasteiger charge is 2.36. The van der Waals surface area contributed by atoms with Gasteiger partial charge in [0.05, 0.1) is 0 Å². The summed E-state index contributed by atoms with van der Waals surface area (Å²) in [5, 5.41) is 4.39. The minimum atomic E-state index is 0.567. The first-order valence-electron chi connectivity index (χ1n) is 5.95. The summed E-state index contributed by atoms with van der Waals surface area (Å²) in [6, 6.07) is 5.41. The van der Waals surface area contributed by atoms with Crippen molar-refractivity contribution in [2.24, 2.45) is 0 Å². The molecule has 0 spiro atoms. The molecule has 0 aliphatic carbocycles. The maximum Gasteiger partial charge on any atom is 0.0459 e. The van der Waals surface area contributed by atoms with Crippen molar-refractivity contribution in [2.75, 3.05) is 18.0 Å². The van der Waals surface area contributed by atoms with Crippen LogP contribution in [-0.4, -0.2) is 25.2 Å². The normalized spacial score (nSPS) is 27.8. The van der Waals surface area contributed by atoms with E-state index in [4.69, 9.17) is 11.6 Å². The summed E-state index contributed by atoms with van der Waals surface area (Å²) in [6.45, 7) is 6.59. The van der Waals surface area contributed by atoms with Crippen LogP contribution in [0.5, 0.6) is 0 Å². The number of fused-ring (bicyclic) bond motifs is 3. The number of benzene rings is 1. The predicted molar refractivity (Wildman–Crippen MR) is 68.5 cm³/mol. The van der Waals surface area contributed by atoms with Crippen molar-refractivity contribution in [1.29, 1.82) is 0 Å². The Morgan fingerprint density at radius 3 is 3.00 bits per heavy atom. The molecule has 2 aliphatic heterocycles. The second kappa shape index (κ2) is 3.64. The average molecular weight is 237 g/mol. The van der Waals surface area contributed by atoms with Gasteiger partial charge in [-0.25, -0.2) is 0 Å². The van der Waals surface area contributed by atoms with Crippen molar-refractivity contribution in [3.8, 4) is 0 Å². The van der Waals surface area contributed by atoms with Crippen LogP contribution in [0.15, 0.2) is 12.1 Å². The van der Waals surface area contributed by atoms with Gasteiger partial charge < -0.3 is 10.2 Å². The van der Waals surface area contributed by atoms with Crippen LogP contribution in [-0.2, 0) is 6.42 Å². The molecule has 0 saturated carbocycles. The molecule has 16 heavy (non-hydrogen) atoms. The van der Waals surface area contributed by atoms with E-state index in [1.54, 1.807) is 0 Å². The maximum absolute atomic E-state index is 6.23. The zero-order chi connectivity index (χ0) is 11.3. The number of anilines is 1. The topological polar surface area (TPSA) is 15.3 Å². The van der Waals surface area contributed by atoms with Crippen molar-refractivity contribution in [1.82, 2.24) is 5.32 Å². The molecule has 1 aromatic carbocycles. The van der Waals surface area contributed by atoms with Gasteiger partial charge in [0, 0.05) is 35.9 Å². The van der Waals surface area contributed by atoms with Crippen LogP contribution in [0.2, 0.25) is 5.02 Å². The van der Waals surface area contributed by atoms with Gasteiger partial charge in [0.15, 0.2) is 0 Å². The molecule has 3 rings (SSSR count). The summed E-state index contributed by atoms with van der Waals surface area (Å²) in [5.74, 6) is 0. The number of halogens is 1. The van der Waals surface area contributed by atoms with E-state index < -0.39 is 0 Å². The average Bonchev–Trinajstić information content (AvgIpc) is 2.64. The first kappa shape index (κ1) is 10.4. The number of hydrogen-bond donors (Lipinski definition) is 1. The van der Waals surface area contributed by atoms with Gasteiger partial charge >= 0.3 is 0 Å². The highest BCUT2D eigenvalue weighted by molar-refractivity contribution is 6.31. The van der Waals surface area contributed by atoms with Gasteiger partial charge in [-0.05, 0) is 37.5 Å². The summed E-state index contributed by atoms with van der Waals surface area (Å²) in [5.41, 5.74) is 4.10. The van der Waals surface area contributed by atoms with Crippen molar-refractivity contribution >= 4 is 17.3 Å². The van der Waals surface area contributed by atoms with Crippen LogP contribution in [0.25, 0.3) is 0 Å². The molecular formula is C13H17ClN2. The van der Waals surface area contributed by atoms with E-state index in [0.717, 1.165) is 24.5 Å². The van der Waals surface area contributed by atoms with Gasteiger partial charge in [-0.15, -0.1) is 0 Å². The van der Waals surface area contributed by atoms with Crippen LogP contribution in [0.1, 0.15) is 18.1 Å². The zero-order valence-corrected chi connectivity index (χ0v) is 10.5. The van der Waals surface area contributed by atoms with Gasteiger partial charge in [-0.2, -0.15) is 0 Å². The highest BCUT2D eigenvalue weighted by atomic mass is 35.5. The fraction of sp³-hybridized carbons (Fsp3) is 0.538. The summed E-state index contributed by atoms with van der Waals surface area (Å²) in [4.78, 5) is 2.56. The lowest BCUT2D eigenvalue weighted by molar-refractivity contribution is 0.429. The molecule has 1 saturated heterocycles. The molecule has 3 heteroatoms. The molecule has 2 heterocycles. The van der Waals surface area contributed by atoms with E-state index in [2.05, 4.69) is 30.1 Å². The Morgan fingerprint density at radius 2 is 2.19 bits per heavy atom. The number of nitrogens with one attached hydrogen (secondary N) is 1. The fourth-order valence-electron chi connectivity index (χ4n) is 3.10. The third-order valence-electron chi connectivity index (χ3n) is 3.85. The molecule has 2 aliphatic rings. The van der Waals surface area contributed by atoms with Gasteiger partial charge in [0.2, 0.25) is 0 Å². The lowest BCUT2D eigenvalue weighted by Gasteiger charge is -2.39. The smallest absolute Gasteiger partial charge is 0.0459 e. The second-order valence-electron chi connectivity index (χ2n) is 4.95. The quantitative estimate of drug-likeness (QED) is 0.744. The standard InChI is InChI=1S/C13H17ClN2/c1-8-6-15-7-11-5-10-3-4-12(14)9(2)13(10)16(8)11/h3-4,8,11,15H,5-7H2,1-2H3. The monoisotopic (exact) mass is 236 g/mol. The van der Waals surface area contributed by atoms with E-state index in [0.29, 0.717) is 12.1 Å². The van der Waals surface area contributed by atoms with E-state index in [1.807, 2.05) is 6.07 Å². The molecular weight excluding hydrogens is 220 g/mol. The number of rotatable bonds is 0. The van der Waals surface area contributed by atoms with Crippen LogP contribution >= 0.6 is 11.6 Å². The third-order valence-corrected chi connectivity index (χ3v) is 4.26. The van der Waals surface area contributed by atoms with Crippen molar-refractivity contribution < 1.29 is 0 Å². The lowest BCUT2D eigenvalue weighted by Crippen LogP contribution is -2.55. The van der Waals surface area contributed by atoms with Gasteiger partial charge in [0.1, 0.15) is 0 Å². The van der Waals surface area contributed by atoms with Crippen molar-refractivity contribution in [3.05, 3.63) is 28.3 Å². The molecule has 2 nitrogen and oxygen atoms in total. The number of hydrogen-bond acceptors (Lipinski definition) is 2. The SMILES string of the molecule is Cc1c(Cl)ccc2c1N1C(C)CNCC1C2. The van der Waals surface area contributed by atoms with Gasteiger partial charge in [-0.1, -0.05) is 17.7 Å². The van der Waals surface area contributed by atoms with Crippen LogP contribution in [0.3, 0.4) is 0 Å². The first-order chi connectivity index (χ1) is 7.68. The summed E-state index contributed by atoms with van der Waals surface area (Å²) < 4.78 is 0. The largest absolute Gasteiger partial charge is 0.362 e. The lowest BCUT2D eigenvalue weighted by atomic mass is 10.1. The van der Waals surface area contributed by atoms with E-state index in [9.17, 15) is 0 Å². The van der Waals surface area contributed by atoms with E-state index >= 15 is 0 Å². The Bertz CT molecular complexity index is 430. The molecule has 2 atom stereocenters. The Labute approximate surface area is 102 Å². The molecule has 0 radical (unpaired) electrons.